The summed E-state index contributed by atoms with van der Waals surface area (Å²) in [5.74, 6) is 0. The van der Waals surface area contributed by atoms with Crippen LogP contribution in [0, 0.1) is 0 Å². The van der Waals surface area contributed by atoms with Crippen molar-refractivity contribution in [1.82, 2.24) is 10.3 Å². The predicted octanol–water partition coefficient (Wildman–Crippen LogP) is 4.00. The van der Waals surface area contributed by atoms with E-state index in [0.717, 1.165) is 17.8 Å². The van der Waals surface area contributed by atoms with Crippen molar-refractivity contribution in [3.63, 3.8) is 0 Å². The van der Waals surface area contributed by atoms with Crippen molar-refractivity contribution >= 4 is 11.3 Å². The van der Waals surface area contributed by atoms with Gasteiger partial charge in [-0.3, -0.25) is 0 Å². The van der Waals surface area contributed by atoms with Crippen molar-refractivity contribution in [2.45, 2.75) is 58.8 Å². The first kappa shape index (κ1) is 15.4. The largest absolute Gasteiger partial charge is 0.443 e. The van der Waals surface area contributed by atoms with Crippen LogP contribution in [0.3, 0.4) is 0 Å². The Morgan fingerprint density at radius 2 is 1.83 bits per heavy atom. The van der Waals surface area contributed by atoms with Gasteiger partial charge in [-0.2, -0.15) is 13.2 Å². The monoisotopic (exact) mass is 280 g/mol. The second kappa shape index (κ2) is 5.57. The minimum Gasteiger partial charge on any atom is -0.307 e. The van der Waals surface area contributed by atoms with Crippen LogP contribution < -0.4 is 5.32 Å². The van der Waals surface area contributed by atoms with Gasteiger partial charge in [0.05, 0.1) is 5.69 Å². The number of hydrogen-bond acceptors (Lipinski definition) is 3. The van der Waals surface area contributed by atoms with Gasteiger partial charge in [-0.15, -0.1) is 11.3 Å². The van der Waals surface area contributed by atoms with Crippen LogP contribution in [-0.2, 0) is 19.1 Å². The van der Waals surface area contributed by atoms with Gasteiger partial charge in [0.25, 0.3) is 0 Å². The molecule has 2 nitrogen and oxygen atoms in total. The van der Waals surface area contributed by atoms with Crippen molar-refractivity contribution < 1.29 is 13.2 Å². The van der Waals surface area contributed by atoms with Gasteiger partial charge in [-0.05, 0) is 27.2 Å². The number of nitrogens with zero attached hydrogens (tertiary/aromatic N) is 1. The highest BCUT2D eigenvalue weighted by Gasteiger charge is 2.35. The number of aryl methyl sites for hydroxylation is 1. The van der Waals surface area contributed by atoms with Crippen molar-refractivity contribution in [1.29, 1.82) is 0 Å². The molecule has 0 amide bonds. The molecule has 0 radical (unpaired) electrons. The lowest BCUT2D eigenvalue weighted by molar-refractivity contribution is -0.137. The molecule has 0 aliphatic rings. The summed E-state index contributed by atoms with van der Waals surface area (Å²) < 4.78 is 37.9. The molecule has 6 heteroatoms. The zero-order valence-corrected chi connectivity index (χ0v) is 11.9. The highest BCUT2D eigenvalue weighted by Crippen LogP contribution is 2.34. The van der Waals surface area contributed by atoms with Crippen molar-refractivity contribution in [3.05, 3.63) is 15.6 Å². The van der Waals surface area contributed by atoms with Crippen LogP contribution in [0.25, 0.3) is 0 Å². The first-order valence-electron chi connectivity index (χ1n) is 5.94. The van der Waals surface area contributed by atoms with Gasteiger partial charge >= 0.3 is 6.18 Å². The first-order valence-corrected chi connectivity index (χ1v) is 6.76. The minimum absolute atomic E-state index is 0.119. The van der Waals surface area contributed by atoms with Crippen LogP contribution in [0.15, 0.2) is 0 Å². The van der Waals surface area contributed by atoms with Crippen LogP contribution in [-0.4, -0.2) is 10.5 Å². The summed E-state index contributed by atoms with van der Waals surface area (Å²) in [6.45, 7) is 8.33. The molecule has 1 aromatic rings. The first-order chi connectivity index (χ1) is 8.13. The van der Waals surface area contributed by atoms with Crippen LogP contribution in [0.2, 0.25) is 0 Å². The van der Waals surface area contributed by atoms with Crippen molar-refractivity contribution in [3.8, 4) is 0 Å². The fourth-order valence-electron chi connectivity index (χ4n) is 1.42. The van der Waals surface area contributed by atoms with Gasteiger partial charge in [0.1, 0.15) is 0 Å². The molecule has 0 unspecified atom stereocenters. The van der Waals surface area contributed by atoms with Gasteiger partial charge in [0.2, 0.25) is 0 Å². The quantitative estimate of drug-likeness (QED) is 0.901. The van der Waals surface area contributed by atoms with E-state index in [4.69, 9.17) is 0 Å². The molecule has 0 saturated heterocycles. The number of rotatable bonds is 4. The Hall–Kier alpha value is -0.620. The minimum atomic E-state index is -4.34. The summed E-state index contributed by atoms with van der Waals surface area (Å²) in [7, 11) is 0. The molecular formula is C12H19F3N2S. The number of alkyl halides is 3. The molecule has 0 bridgehead atoms. The van der Waals surface area contributed by atoms with E-state index in [2.05, 4.69) is 10.3 Å². The fraction of sp³-hybridized carbons (Fsp3) is 0.750. The van der Waals surface area contributed by atoms with Crippen LogP contribution in [0.1, 0.15) is 49.7 Å². The third-order valence-corrected chi connectivity index (χ3v) is 3.43. The summed E-state index contributed by atoms with van der Waals surface area (Å²) in [5, 5.41) is 2.47. The standard InChI is InChI=1S/C12H19F3N2S/c1-5-6-8-9(7-16-11(2,3)4)18-10(17-8)12(13,14)15/h16H,5-7H2,1-4H3. The SMILES string of the molecule is CCCc1nc(C(F)(F)F)sc1CNC(C)(C)C. The number of aromatic nitrogens is 1. The average Bonchev–Trinajstić information content (AvgIpc) is 2.57. The maximum Gasteiger partial charge on any atom is 0.443 e. The summed E-state index contributed by atoms with van der Waals surface area (Å²) in [4.78, 5) is 4.42. The molecule has 0 aromatic carbocycles. The van der Waals surface area contributed by atoms with Gasteiger partial charge in [0.15, 0.2) is 5.01 Å². The second-order valence-electron chi connectivity index (χ2n) is 5.24. The Balaban J connectivity index is 2.91. The Morgan fingerprint density at radius 1 is 1.22 bits per heavy atom. The average molecular weight is 280 g/mol. The Kier molecular flexibility index (Phi) is 4.78. The Morgan fingerprint density at radius 3 is 2.28 bits per heavy atom. The van der Waals surface area contributed by atoms with Crippen molar-refractivity contribution in [2.24, 2.45) is 0 Å². The smallest absolute Gasteiger partial charge is 0.307 e. The maximum atomic E-state index is 12.6. The normalized spacial score (nSPS) is 13.1. The van der Waals surface area contributed by atoms with Crippen LogP contribution in [0.5, 0.6) is 0 Å². The van der Waals surface area contributed by atoms with Gasteiger partial charge < -0.3 is 5.32 Å². The van der Waals surface area contributed by atoms with Gasteiger partial charge in [0, 0.05) is 17.0 Å². The number of halogens is 3. The molecule has 0 spiro atoms. The van der Waals surface area contributed by atoms with E-state index in [0.29, 0.717) is 23.5 Å². The molecule has 1 rings (SSSR count). The maximum absolute atomic E-state index is 12.6. The molecular weight excluding hydrogens is 261 g/mol. The lowest BCUT2D eigenvalue weighted by Crippen LogP contribution is -2.35. The fourth-order valence-corrected chi connectivity index (χ4v) is 2.34. The molecule has 1 aromatic heterocycles. The molecule has 0 aliphatic heterocycles. The molecule has 104 valence electrons. The molecule has 1 N–H and O–H groups in total. The summed E-state index contributed by atoms with van der Waals surface area (Å²) >= 11 is 0.748. The predicted molar refractivity (Wildman–Crippen MR) is 67.7 cm³/mol. The summed E-state index contributed by atoms with van der Waals surface area (Å²) in [6, 6.07) is 0. The molecule has 0 saturated carbocycles. The van der Waals surface area contributed by atoms with Crippen LogP contribution >= 0.6 is 11.3 Å². The zero-order chi connectivity index (χ0) is 14.0. The highest BCUT2D eigenvalue weighted by atomic mass is 32.1. The van der Waals surface area contributed by atoms with E-state index in [1.165, 1.54) is 0 Å². The third-order valence-electron chi connectivity index (χ3n) is 2.29. The van der Waals surface area contributed by atoms with Gasteiger partial charge in [-0.1, -0.05) is 13.3 Å². The lowest BCUT2D eigenvalue weighted by Gasteiger charge is -2.20. The van der Waals surface area contributed by atoms with E-state index in [9.17, 15) is 13.2 Å². The third kappa shape index (κ3) is 4.57. The Labute approximate surface area is 110 Å². The van der Waals surface area contributed by atoms with E-state index >= 15 is 0 Å². The molecule has 0 atom stereocenters. The number of thiazole rings is 1. The lowest BCUT2D eigenvalue weighted by atomic mass is 10.1. The van der Waals surface area contributed by atoms with Crippen LogP contribution in [0.4, 0.5) is 13.2 Å². The highest BCUT2D eigenvalue weighted by molar-refractivity contribution is 7.11. The summed E-state index contributed by atoms with van der Waals surface area (Å²) in [6.07, 6.45) is -2.95. The molecule has 1 heterocycles. The van der Waals surface area contributed by atoms with E-state index in [-0.39, 0.29) is 5.54 Å². The number of hydrogen-bond donors (Lipinski definition) is 1. The molecule has 0 fully saturated rings. The summed E-state index contributed by atoms with van der Waals surface area (Å²) in [5.41, 5.74) is 0.456. The van der Waals surface area contributed by atoms with Crippen molar-refractivity contribution in [2.75, 3.05) is 0 Å². The topological polar surface area (TPSA) is 24.9 Å². The molecule has 18 heavy (non-hydrogen) atoms. The number of nitrogens with one attached hydrogen (secondary N) is 1. The Bertz CT molecular complexity index is 391. The van der Waals surface area contributed by atoms with Gasteiger partial charge in [-0.25, -0.2) is 4.98 Å². The van der Waals surface area contributed by atoms with E-state index < -0.39 is 11.2 Å². The zero-order valence-electron chi connectivity index (χ0n) is 11.1. The molecule has 0 aliphatic carbocycles. The van der Waals surface area contributed by atoms with E-state index in [1.54, 1.807) is 0 Å². The second-order valence-corrected chi connectivity index (χ2v) is 6.32. The van der Waals surface area contributed by atoms with E-state index in [1.807, 2.05) is 27.7 Å².